The predicted octanol–water partition coefficient (Wildman–Crippen LogP) is 7.30. The Kier molecular flexibility index (Phi) is 10.3. The SMILES string of the molecule is CCCCCCCOc1ccc(C(=O)Nc2ccc(OCCCc3ccccc3)cc2)cc1. The second-order valence-electron chi connectivity index (χ2n) is 8.20. The molecule has 0 fully saturated rings. The number of hydrogen-bond acceptors (Lipinski definition) is 3. The molecule has 3 aromatic rings. The molecular formula is C29H35NO3. The highest BCUT2D eigenvalue weighted by molar-refractivity contribution is 6.04. The first kappa shape index (κ1) is 24.4. The Morgan fingerprint density at radius 2 is 1.30 bits per heavy atom. The highest BCUT2D eigenvalue weighted by atomic mass is 16.5. The second-order valence-corrected chi connectivity index (χ2v) is 8.20. The predicted molar refractivity (Wildman–Crippen MR) is 135 cm³/mol. The normalized spacial score (nSPS) is 10.6. The van der Waals surface area contributed by atoms with E-state index in [2.05, 4.69) is 36.5 Å². The van der Waals surface area contributed by atoms with Gasteiger partial charge >= 0.3 is 0 Å². The van der Waals surface area contributed by atoms with Crippen LogP contribution in [0, 0.1) is 0 Å². The van der Waals surface area contributed by atoms with Gasteiger partial charge in [-0.25, -0.2) is 0 Å². The van der Waals surface area contributed by atoms with E-state index in [0.29, 0.717) is 12.2 Å². The molecule has 1 N–H and O–H groups in total. The summed E-state index contributed by atoms with van der Waals surface area (Å²) < 4.78 is 11.6. The fourth-order valence-corrected chi connectivity index (χ4v) is 3.55. The largest absolute Gasteiger partial charge is 0.494 e. The lowest BCUT2D eigenvalue weighted by molar-refractivity contribution is 0.102. The molecule has 0 bridgehead atoms. The number of carbonyl (C=O) groups excluding carboxylic acids is 1. The van der Waals surface area contributed by atoms with Gasteiger partial charge in [-0.2, -0.15) is 0 Å². The summed E-state index contributed by atoms with van der Waals surface area (Å²) in [6.45, 7) is 3.59. The fraction of sp³-hybridized carbons (Fsp3) is 0.345. The lowest BCUT2D eigenvalue weighted by Crippen LogP contribution is -2.11. The van der Waals surface area contributed by atoms with Crippen molar-refractivity contribution in [1.82, 2.24) is 0 Å². The molecule has 0 saturated heterocycles. The Morgan fingerprint density at radius 1 is 0.697 bits per heavy atom. The first-order valence-electron chi connectivity index (χ1n) is 12.1. The van der Waals surface area contributed by atoms with Crippen LogP contribution in [-0.2, 0) is 6.42 Å². The highest BCUT2D eigenvalue weighted by Crippen LogP contribution is 2.18. The molecule has 3 rings (SSSR count). The topological polar surface area (TPSA) is 47.6 Å². The summed E-state index contributed by atoms with van der Waals surface area (Å²) in [4.78, 5) is 12.5. The van der Waals surface area contributed by atoms with Gasteiger partial charge in [0.05, 0.1) is 13.2 Å². The van der Waals surface area contributed by atoms with E-state index < -0.39 is 0 Å². The summed E-state index contributed by atoms with van der Waals surface area (Å²) in [5, 5.41) is 2.93. The maximum Gasteiger partial charge on any atom is 0.255 e. The molecule has 0 unspecified atom stereocenters. The molecule has 0 aromatic heterocycles. The molecule has 0 radical (unpaired) electrons. The van der Waals surface area contributed by atoms with E-state index in [1.807, 2.05) is 42.5 Å². The Bertz CT molecular complexity index is 937. The van der Waals surface area contributed by atoms with E-state index in [1.54, 1.807) is 12.1 Å². The van der Waals surface area contributed by atoms with E-state index in [0.717, 1.165) is 43.1 Å². The van der Waals surface area contributed by atoms with E-state index >= 15 is 0 Å². The molecule has 4 heteroatoms. The average molecular weight is 446 g/mol. The summed E-state index contributed by atoms with van der Waals surface area (Å²) in [5.74, 6) is 1.46. The summed E-state index contributed by atoms with van der Waals surface area (Å²) in [7, 11) is 0. The monoisotopic (exact) mass is 445 g/mol. The van der Waals surface area contributed by atoms with Crippen LogP contribution in [0.2, 0.25) is 0 Å². The number of carbonyl (C=O) groups is 1. The standard InChI is InChI=1S/C29H35NO3/c1-2-3-4-5-9-22-32-27-18-14-25(15-19-27)29(31)30-26-16-20-28(21-17-26)33-23-10-13-24-11-7-6-8-12-24/h6-8,11-12,14-21H,2-5,9-10,13,22-23H2,1H3,(H,30,31). The van der Waals surface area contributed by atoms with Crippen LogP contribution in [0.5, 0.6) is 11.5 Å². The minimum atomic E-state index is -0.141. The van der Waals surface area contributed by atoms with Crippen molar-refractivity contribution in [3.8, 4) is 11.5 Å². The molecule has 0 spiro atoms. The molecule has 0 aliphatic rings. The van der Waals surface area contributed by atoms with Crippen LogP contribution in [0.4, 0.5) is 5.69 Å². The molecule has 0 atom stereocenters. The van der Waals surface area contributed by atoms with Gasteiger partial charge in [-0.3, -0.25) is 4.79 Å². The van der Waals surface area contributed by atoms with Crippen LogP contribution >= 0.6 is 0 Å². The van der Waals surface area contributed by atoms with Crippen LogP contribution in [-0.4, -0.2) is 19.1 Å². The van der Waals surface area contributed by atoms with Crippen molar-refractivity contribution in [1.29, 1.82) is 0 Å². The minimum absolute atomic E-state index is 0.141. The number of benzene rings is 3. The van der Waals surface area contributed by atoms with Gasteiger partial charge in [-0.05, 0) is 73.4 Å². The van der Waals surface area contributed by atoms with Gasteiger partial charge in [0.25, 0.3) is 5.91 Å². The summed E-state index contributed by atoms with van der Waals surface area (Å²) in [6.07, 6.45) is 8.02. The van der Waals surface area contributed by atoms with Gasteiger partial charge in [-0.1, -0.05) is 62.9 Å². The van der Waals surface area contributed by atoms with E-state index in [-0.39, 0.29) is 5.91 Å². The lowest BCUT2D eigenvalue weighted by Gasteiger charge is -2.09. The summed E-state index contributed by atoms with van der Waals surface area (Å²) >= 11 is 0. The third kappa shape index (κ3) is 9.01. The zero-order valence-electron chi connectivity index (χ0n) is 19.6. The third-order valence-corrected chi connectivity index (χ3v) is 5.47. The van der Waals surface area contributed by atoms with E-state index in [9.17, 15) is 4.79 Å². The van der Waals surface area contributed by atoms with Crippen molar-refractivity contribution in [3.63, 3.8) is 0 Å². The number of nitrogens with one attached hydrogen (secondary N) is 1. The summed E-state index contributed by atoms with van der Waals surface area (Å²) in [6, 6.07) is 25.2. The number of aryl methyl sites for hydroxylation is 1. The van der Waals surface area contributed by atoms with E-state index in [4.69, 9.17) is 9.47 Å². The molecule has 4 nitrogen and oxygen atoms in total. The Labute approximate surface area is 197 Å². The molecule has 0 heterocycles. The second kappa shape index (κ2) is 14.0. The number of unbranched alkanes of at least 4 members (excludes halogenated alkanes) is 4. The van der Waals surface area contributed by atoms with Crippen LogP contribution in [0.25, 0.3) is 0 Å². The lowest BCUT2D eigenvalue weighted by atomic mass is 10.1. The van der Waals surface area contributed by atoms with Gasteiger partial charge in [0.2, 0.25) is 0 Å². The number of hydrogen-bond donors (Lipinski definition) is 1. The number of ether oxygens (including phenoxy) is 2. The van der Waals surface area contributed by atoms with Crippen molar-refractivity contribution in [3.05, 3.63) is 90.0 Å². The molecular weight excluding hydrogens is 410 g/mol. The van der Waals surface area contributed by atoms with Crippen LogP contribution in [0.3, 0.4) is 0 Å². The fourth-order valence-electron chi connectivity index (χ4n) is 3.55. The Morgan fingerprint density at radius 3 is 1.97 bits per heavy atom. The van der Waals surface area contributed by atoms with Crippen molar-refractivity contribution >= 4 is 11.6 Å². The maximum atomic E-state index is 12.5. The molecule has 0 saturated carbocycles. The van der Waals surface area contributed by atoms with E-state index in [1.165, 1.54) is 31.2 Å². The molecule has 0 aliphatic heterocycles. The van der Waals surface area contributed by atoms with Crippen molar-refractivity contribution in [2.75, 3.05) is 18.5 Å². The van der Waals surface area contributed by atoms with Gasteiger partial charge in [0.1, 0.15) is 11.5 Å². The first-order chi connectivity index (χ1) is 16.2. The number of amides is 1. The maximum absolute atomic E-state index is 12.5. The van der Waals surface area contributed by atoms with Crippen molar-refractivity contribution in [2.24, 2.45) is 0 Å². The van der Waals surface area contributed by atoms with Crippen molar-refractivity contribution < 1.29 is 14.3 Å². The molecule has 1 amide bonds. The molecule has 33 heavy (non-hydrogen) atoms. The van der Waals surface area contributed by atoms with Gasteiger partial charge < -0.3 is 14.8 Å². The minimum Gasteiger partial charge on any atom is -0.494 e. The van der Waals surface area contributed by atoms with Gasteiger partial charge in [0, 0.05) is 11.3 Å². The highest BCUT2D eigenvalue weighted by Gasteiger charge is 2.07. The smallest absolute Gasteiger partial charge is 0.255 e. The van der Waals surface area contributed by atoms with Crippen molar-refractivity contribution in [2.45, 2.75) is 51.9 Å². The first-order valence-corrected chi connectivity index (χ1v) is 12.1. The summed E-state index contributed by atoms with van der Waals surface area (Å²) in [5.41, 5.74) is 2.66. The molecule has 0 aliphatic carbocycles. The zero-order valence-corrected chi connectivity index (χ0v) is 19.6. The molecule has 3 aromatic carbocycles. The van der Waals surface area contributed by atoms with Gasteiger partial charge in [0.15, 0.2) is 0 Å². The third-order valence-electron chi connectivity index (χ3n) is 5.47. The van der Waals surface area contributed by atoms with Crippen LogP contribution in [0.15, 0.2) is 78.9 Å². The number of anilines is 1. The average Bonchev–Trinajstić information content (AvgIpc) is 2.86. The van der Waals surface area contributed by atoms with Gasteiger partial charge in [-0.15, -0.1) is 0 Å². The zero-order chi connectivity index (χ0) is 23.1. The Hall–Kier alpha value is -3.27. The Balaban J connectivity index is 1.37. The van der Waals surface area contributed by atoms with Crippen LogP contribution < -0.4 is 14.8 Å². The van der Waals surface area contributed by atoms with Crippen LogP contribution in [0.1, 0.15) is 61.4 Å². The number of rotatable bonds is 14. The molecule has 174 valence electrons. The quantitative estimate of drug-likeness (QED) is 0.265.